The van der Waals surface area contributed by atoms with E-state index < -0.39 is 64.5 Å². The van der Waals surface area contributed by atoms with Crippen LogP contribution in [0.25, 0.3) is 0 Å². The van der Waals surface area contributed by atoms with Crippen LogP contribution in [0.5, 0.6) is 0 Å². The number of halogens is 1. The van der Waals surface area contributed by atoms with Crippen molar-refractivity contribution in [2.45, 2.75) is 63.8 Å². The van der Waals surface area contributed by atoms with E-state index in [1.54, 1.807) is 26.8 Å². The van der Waals surface area contributed by atoms with Gasteiger partial charge in [-0.1, -0.05) is 25.5 Å². The lowest BCUT2D eigenvalue weighted by Gasteiger charge is -2.62. The average molecular weight is 451 g/mol. The van der Waals surface area contributed by atoms with Crippen LogP contribution in [0.15, 0.2) is 23.8 Å². The Balaban J connectivity index is 1.85. The van der Waals surface area contributed by atoms with Crippen molar-refractivity contribution in [3.8, 4) is 0 Å². The van der Waals surface area contributed by atoms with Crippen molar-refractivity contribution >= 4 is 17.7 Å². The summed E-state index contributed by atoms with van der Waals surface area (Å²) in [6.07, 6.45) is 3.00. The molecule has 0 radical (unpaired) electrons. The molecule has 4 aliphatic carbocycles. The van der Waals surface area contributed by atoms with E-state index in [0.717, 1.165) is 7.11 Å². The minimum absolute atomic E-state index is 0.137. The summed E-state index contributed by atoms with van der Waals surface area (Å²) in [5.74, 6) is -2.41. The van der Waals surface area contributed by atoms with Crippen LogP contribution < -0.4 is 0 Å². The first-order valence-electron chi connectivity index (χ1n) is 11.1. The first-order chi connectivity index (χ1) is 14.9. The molecule has 2 N–H and O–H groups in total. The SMILES string of the molecule is COC(=O)O[C@]1(C(=O)CO)[C@@H](C)C[C@H]2[C@@H]3CCC4=CC(=O)C=C[C@]4(C)[C@@]3(F)[C@@H](O)C[C@@]21C. The van der Waals surface area contributed by atoms with E-state index in [2.05, 4.69) is 4.74 Å². The van der Waals surface area contributed by atoms with Gasteiger partial charge < -0.3 is 19.7 Å². The Bertz CT molecular complexity index is 927. The van der Waals surface area contributed by atoms with Crippen LogP contribution >= 0.6 is 0 Å². The molecule has 176 valence electrons. The van der Waals surface area contributed by atoms with E-state index in [-0.39, 0.29) is 12.2 Å². The lowest BCUT2D eigenvalue weighted by atomic mass is 9.44. The third-order valence-electron chi connectivity index (χ3n) is 9.15. The van der Waals surface area contributed by atoms with E-state index >= 15 is 4.39 Å². The van der Waals surface area contributed by atoms with Crippen LogP contribution in [0.1, 0.15) is 46.5 Å². The van der Waals surface area contributed by atoms with Gasteiger partial charge in [-0.2, -0.15) is 0 Å². The molecule has 0 saturated heterocycles. The van der Waals surface area contributed by atoms with Gasteiger partial charge in [-0.25, -0.2) is 9.18 Å². The van der Waals surface area contributed by atoms with Crippen LogP contribution in [-0.2, 0) is 19.1 Å². The quantitative estimate of drug-likeness (QED) is 0.636. The van der Waals surface area contributed by atoms with Gasteiger partial charge in [0.15, 0.2) is 17.1 Å². The Morgan fingerprint density at radius 1 is 1.28 bits per heavy atom. The Hall–Kier alpha value is -2.06. The molecule has 8 heteroatoms. The summed E-state index contributed by atoms with van der Waals surface area (Å²) in [6.45, 7) is 4.37. The molecule has 7 nitrogen and oxygen atoms in total. The molecule has 0 aliphatic heterocycles. The fraction of sp³-hybridized carbons (Fsp3) is 0.708. The van der Waals surface area contributed by atoms with E-state index in [4.69, 9.17) is 4.74 Å². The van der Waals surface area contributed by atoms with Gasteiger partial charge in [0.25, 0.3) is 0 Å². The first kappa shape index (κ1) is 23.1. The van der Waals surface area contributed by atoms with Gasteiger partial charge in [-0.15, -0.1) is 0 Å². The number of fused-ring (bicyclic) bond motifs is 5. The van der Waals surface area contributed by atoms with Gasteiger partial charge in [-0.05, 0) is 50.7 Å². The number of aliphatic hydroxyl groups excluding tert-OH is 2. The molecule has 0 aromatic heterocycles. The summed E-state index contributed by atoms with van der Waals surface area (Å²) in [6, 6.07) is 0. The number of alkyl halides is 1. The number of ether oxygens (including phenoxy) is 2. The normalized spacial score (nSPS) is 47.1. The smallest absolute Gasteiger partial charge is 0.438 e. The van der Waals surface area contributed by atoms with Crippen LogP contribution in [0.4, 0.5) is 9.18 Å². The highest BCUT2D eigenvalue weighted by molar-refractivity contribution is 6.01. The van der Waals surface area contributed by atoms with Gasteiger partial charge in [0, 0.05) is 22.7 Å². The number of hydrogen-bond acceptors (Lipinski definition) is 7. The van der Waals surface area contributed by atoms with Crippen molar-refractivity contribution in [3.05, 3.63) is 23.8 Å². The zero-order chi connectivity index (χ0) is 23.7. The largest absolute Gasteiger partial charge is 0.509 e. The number of aliphatic hydroxyl groups is 2. The lowest BCUT2D eigenvalue weighted by molar-refractivity contribution is -0.221. The second kappa shape index (κ2) is 7.22. The Morgan fingerprint density at radius 2 is 1.97 bits per heavy atom. The van der Waals surface area contributed by atoms with Crippen LogP contribution in [0.3, 0.4) is 0 Å². The highest BCUT2D eigenvalue weighted by Gasteiger charge is 2.77. The van der Waals surface area contributed by atoms with Crippen molar-refractivity contribution in [2.24, 2.45) is 28.6 Å². The molecule has 0 spiro atoms. The summed E-state index contributed by atoms with van der Waals surface area (Å²) < 4.78 is 27.4. The van der Waals surface area contributed by atoms with Gasteiger partial charge >= 0.3 is 6.16 Å². The molecule has 0 bridgehead atoms. The zero-order valence-electron chi connectivity index (χ0n) is 18.9. The zero-order valence-corrected chi connectivity index (χ0v) is 18.9. The predicted octanol–water partition coefficient (Wildman–Crippen LogP) is 2.69. The second-order valence-corrected chi connectivity index (χ2v) is 10.3. The van der Waals surface area contributed by atoms with E-state index in [9.17, 15) is 24.6 Å². The standard InChI is InChI=1S/C24H31FO7/c1-13-9-17-16-6-5-14-10-15(27)7-8-21(14,2)23(16,25)18(28)11-22(17,3)24(13,19(29)12-26)32-20(30)31-4/h7-8,10,13,16-18,26,28H,5-6,9,11-12H2,1-4H3/t13-,16-,17-,18-,21-,22-,23-,24-/m0/s1. The Morgan fingerprint density at radius 3 is 2.59 bits per heavy atom. The summed E-state index contributed by atoms with van der Waals surface area (Å²) >= 11 is 0. The number of carbonyl (C=O) groups excluding carboxylic acids is 3. The van der Waals surface area contributed by atoms with Crippen LogP contribution in [-0.4, -0.2) is 59.0 Å². The fourth-order valence-corrected chi connectivity index (χ4v) is 7.69. The molecule has 8 atom stereocenters. The number of rotatable bonds is 3. The molecular weight excluding hydrogens is 419 g/mol. The number of carbonyl (C=O) groups is 3. The molecule has 3 fully saturated rings. The van der Waals surface area contributed by atoms with E-state index in [1.165, 1.54) is 12.2 Å². The maximum absolute atomic E-state index is 17.1. The third-order valence-corrected chi connectivity index (χ3v) is 9.15. The summed E-state index contributed by atoms with van der Waals surface area (Å²) in [5, 5.41) is 21.1. The highest BCUT2D eigenvalue weighted by Crippen LogP contribution is 2.71. The van der Waals surface area contributed by atoms with Gasteiger partial charge in [0.2, 0.25) is 5.78 Å². The number of hydrogen-bond donors (Lipinski definition) is 2. The molecule has 0 aromatic rings. The molecule has 0 aromatic carbocycles. The lowest BCUT2D eigenvalue weighted by Crippen LogP contribution is -2.70. The molecule has 32 heavy (non-hydrogen) atoms. The monoisotopic (exact) mass is 450 g/mol. The van der Waals surface area contributed by atoms with Crippen LogP contribution in [0, 0.1) is 28.6 Å². The second-order valence-electron chi connectivity index (χ2n) is 10.3. The maximum atomic E-state index is 17.1. The molecule has 4 rings (SSSR count). The van der Waals surface area contributed by atoms with Crippen molar-refractivity contribution < 1.29 is 38.5 Å². The van der Waals surface area contributed by atoms with Gasteiger partial charge in [0.1, 0.15) is 6.61 Å². The molecule has 0 heterocycles. The molecule has 3 saturated carbocycles. The molecular formula is C24H31FO7. The highest BCUT2D eigenvalue weighted by atomic mass is 19.1. The number of methoxy groups -OCH3 is 1. The summed E-state index contributed by atoms with van der Waals surface area (Å²) in [5.41, 5.74) is -5.38. The minimum Gasteiger partial charge on any atom is -0.438 e. The number of Topliss-reactive ketones (excluding diaryl/α,β-unsaturated/α-hetero) is 1. The Labute approximate surface area is 186 Å². The Kier molecular flexibility index (Phi) is 5.21. The van der Waals surface area contributed by atoms with E-state index in [1.807, 2.05) is 0 Å². The van der Waals surface area contributed by atoms with Crippen LogP contribution in [0.2, 0.25) is 0 Å². The number of ketones is 2. The summed E-state index contributed by atoms with van der Waals surface area (Å²) in [7, 11) is 1.13. The molecule has 0 amide bonds. The molecule has 0 unspecified atom stereocenters. The van der Waals surface area contributed by atoms with Gasteiger partial charge in [-0.3, -0.25) is 9.59 Å². The predicted molar refractivity (Wildman–Crippen MR) is 111 cm³/mol. The number of allylic oxidation sites excluding steroid dienone is 4. The maximum Gasteiger partial charge on any atom is 0.509 e. The van der Waals surface area contributed by atoms with Crippen molar-refractivity contribution in [2.75, 3.05) is 13.7 Å². The van der Waals surface area contributed by atoms with Crippen molar-refractivity contribution in [1.82, 2.24) is 0 Å². The van der Waals surface area contributed by atoms with Gasteiger partial charge in [0.05, 0.1) is 13.2 Å². The average Bonchev–Trinajstić information content (AvgIpc) is 2.96. The third kappa shape index (κ3) is 2.56. The van der Waals surface area contributed by atoms with Crippen molar-refractivity contribution in [3.63, 3.8) is 0 Å². The topological polar surface area (TPSA) is 110 Å². The molecule has 4 aliphatic rings. The fourth-order valence-electron chi connectivity index (χ4n) is 7.69. The van der Waals surface area contributed by atoms with E-state index in [0.29, 0.717) is 24.8 Å². The minimum atomic E-state index is -2.05. The first-order valence-corrected chi connectivity index (χ1v) is 11.1. The van der Waals surface area contributed by atoms with Crippen molar-refractivity contribution in [1.29, 1.82) is 0 Å². The summed E-state index contributed by atoms with van der Waals surface area (Å²) in [4.78, 5) is 37.2.